The summed E-state index contributed by atoms with van der Waals surface area (Å²) in [6.45, 7) is 18.0. The molecule has 9 nitrogen and oxygen atoms in total. The van der Waals surface area contributed by atoms with Crippen LogP contribution in [-0.4, -0.2) is 103 Å². The van der Waals surface area contributed by atoms with Crippen molar-refractivity contribution in [3.8, 4) is 5.75 Å². The molecule has 2 atom stereocenters. The van der Waals surface area contributed by atoms with E-state index in [4.69, 9.17) is 14.2 Å². The highest BCUT2D eigenvalue weighted by Gasteiger charge is 2.49. The molecule has 0 saturated carbocycles. The van der Waals surface area contributed by atoms with Crippen LogP contribution in [0.15, 0.2) is 47.4 Å². The van der Waals surface area contributed by atoms with E-state index in [-0.39, 0.29) is 28.9 Å². The van der Waals surface area contributed by atoms with E-state index in [0.717, 1.165) is 74.2 Å². The van der Waals surface area contributed by atoms with Gasteiger partial charge in [-0.05, 0) is 75.1 Å². The van der Waals surface area contributed by atoms with Crippen molar-refractivity contribution in [2.24, 2.45) is 0 Å². The molecule has 1 aliphatic rings. The van der Waals surface area contributed by atoms with Crippen molar-refractivity contribution in [2.75, 3.05) is 78.2 Å². The van der Waals surface area contributed by atoms with Gasteiger partial charge in [0, 0.05) is 25.7 Å². The molecule has 0 amide bonds. The van der Waals surface area contributed by atoms with Gasteiger partial charge in [0.25, 0.3) is 0 Å². The summed E-state index contributed by atoms with van der Waals surface area (Å²) < 4.78 is 49.5. The molecule has 0 radical (unpaired) electrons. The Balaban J connectivity index is 0.00000800. The van der Waals surface area contributed by atoms with Crippen LogP contribution >= 0.6 is 0 Å². The summed E-state index contributed by atoms with van der Waals surface area (Å²) in [5, 5.41) is 12.3. The van der Waals surface area contributed by atoms with Crippen molar-refractivity contribution >= 4 is 15.7 Å². The monoisotopic (exact) mass is 803 g/mol. The fourth-order valence-electron chi connectivity index (χ4n) is 6.76. The van der Waals surface area contributed by atoms with Crippen LogP contribution in [0.4, 0.5) is 5.69 Å². The Kier molecular flexibility index (Phi) is 18.1. The van der Waals surface area contributed by atoms with Crippen LogP contribution in [0.3, 0.4) is 0 Å². The number of nitrogens with zero attached hydrogens (tertiary/aromatic N) is 2. The maximum absolute atomic E-state index is 13.9. The molecule has 0 aliphatic carbocycles. The minimum absolute atomic E-state index is 0. The van der Waals surface area contributed by atoms with Gasteiger partial charge in [0.2, 0.25) is 10.0 Å². The molecule has 1 heterocycles. The molecule has 48 heavy (non-hydrogen) atoms. The van der Waals surface area contributed by atoms with Crippen LogP contribution in [0, 0.1) is 0 Å². The van der Waals surface area contributed by atoms with Crippen molar-refractivity contribution in [2.45, 2.75) is 95.6 Å². The zero-order valence-electron chi connectivity index (χ0n) is 30.5. The van der Waals surface area contributed by atoms with Crippen molar-refractivity contribution in [1.82, 2.24) is 4.72 Å². The molecule has 0 saturated heterocycles. The summed E-state index contributed by atoms with van der Waals surface area (Å²) >= 11 is 0. The first-order valence-corrected chi connectivity index (χ1v) is 19.3. The van der Waals surface area contributed by atoms with Gasteiger partial charge >= 0.3 is 0 Å². The average molecular weight is 804 g/mol. The third-order valence-electron chi connectivity index (χ3n) is 10.1. The molecule has 1 aliphatic heterocycles. The number of fused-ring (bicyclic) bond motifs is 1. The standard InChI is InChI=1S/C37H62N3O6S.HI/c1-8-13-21-37(22-14-9-2)36(41)35(33-29-31(39(6)7)17-20-34(33)47(42,43)38-37)30-15-18-32(19-16-30)46-28-27-45-26-25-44-24-23-40(10-3,11-4)12-5;/h15-20,29,35-36,38,41H,8-14,21-28H2,1-7H3;1H/q+1;/p-1/t35-,36-;/m1./s1. The molecular formula is C37H62IN3O6S. The number of aliphatic hydroxyl groups is 1. The summed E-state index contributed by atoms with van der Waals surface area (Å²) in [5.41, 5.74) is 1.36. The highest BCUT2D eigenvalue weighted by atomic mass is 127. The average Bonchev–Trinajstić information content (AvgIpc) is 3.14. The van der Waals surface area contributed by atoms with Crippen molar-refractivity contribution in [3.05, 3.63) is 53.6 Å². The predicted molar refractivity (Wildman–Crippen MR) is 191 cm³/mol. The first-order chi connectivity index (χ1) is 22.5. The van der Waals surface area contributed by atoms with E-state index in [1.165, 1.54) is 0 Å². The van der Waals surface area contributed by atoms with E-state index < -0.39 is 27.6 Å². The van der Waals surface area contributed by atoms with E-state index in [1.54, 1.807) is 6.07 Å². The zero-order valence-corrected chi connectivity index (χ0v) is 33.4. The fourth-order valence-corrected chi connectivity index (χ4v) is 8.47. The van der Waals surface area contributed by atoms with Crippen molar-refractivity contribution < 1.29 is 56.2 Å². The number of benzene rings is 2. The summed E-state index contributed by atoms with van der Waals surface area (Å²) in [7, 11) is -0.0186. The molecule has 0 unspecified atom stereocenters. The molecule has 0 spiro atoms. The number of nitrogens with one attached hydrogen (secondary N) is 1. The van der Waals surface area contributed by atoms with Gasteiger partial charge in [-0.25, -0.2) is 13.1 Å². The molecule has 274 valence electrons. The second kappa shape index (κ2) is 20.4. The summed E-state index contributed by atoms with van der Waals surface area (Å²) in [4.78, 5) is 2.18. The van der Waals surface area contributed by atoms with Gasteiger partial charge < -0.3 is 52.7 Å². The number of hydrogen-bond donors (Lipinski definition) is 2. The van der Waals surface area contributed by atoms with Crippen molar-refractivity contribution in [1.29, 1.82) is 0 Å². The highest BCUT2D eigenvalue weighted by molar-refractivity contribution is 7.89. The van der Waals surface area contributed by atoms with Gasteiger partial charge in [-0.15, -0.1) is 0 Å². The number of rotatable bonds is 21. The molecule has 0 fully saturated rings. The third kappa shape index (κ3) is 11.0. The Morgan fingerprint density at radius 1 is 0.833 bits per heavy atom. The number of sulfonamides is 1. The van der Waals surface area contributed by atoms with Crippen LogP contribution in [0.25, 0.3) is 0 Å². The first-order valence-electron chi connectivity index (χ1n) is 17.8. The smallest absolute Gasteiger partial charge is 0.241 e. The lowest BCUT2D eigenvalue weighted by atomic mass is 9.73. The number of quaternary nitrogens is 1. The van der Waals surface area contributed by atoms with Gasteiger partial charge in [0.1, 0.15) is 18.9 Å². The van der Waals surface area contributed by atoms with Gasteiger partial charge in [-0.3, -0.25) is 0 Å². The summed E-state index contributed by atoms with van der Waals surface area (Å²) in [6.07, 6.45) is 3.61. The second-order valence-electron chi connectivity index (χ2n) is 13.2. The predicted octanol–water partition coefficient (Wildman–Crippen LogP) is 2.95. The second-order valence-corrected chi connectivity index (χ2v) is 14.8. The Morgan fingerprint density at radius 3 is 1.94 bits per heavy atom. The van der Waals surface area contributed by atoms with Crippen LogP contribution in [-0.2, 0) is 19.5 Å². The Morgan fingerprint density at radius 2 is 1.40 bits per heavy atom. The molecule has 0 bridgehead atoms. The van der Waals surface area contributed by atoms with Gasteiger partial charge in [0.05, 0.1) is 62.6 Å². The van der Waals surface area contributed by atoms with E-state index >= 15 is 0 Å². The topological polar surface area (TPSA) is 97.3 Å². The third-order valence-corrected chi connectivity index (χ3v) is 11.8. The zero-order chi connectivity index (χ0) is 34.5. The Hall–Kier alpha value is -1.48. The number of hydrogen-bond acceptors (Lipinski definition) is 7. The quantitative estimate of drug-likeness (QED) is 0.114. The number of halogens is 1. The molecule has 2 aromatic rings. The van der Waals surface area contributed by atoms with E-state index in [1.807, 2.05) is 55.4 Å². The van der Waals surface area contributed by atoms with Crippen LogP contribution in [0.1, 0.15) is 90.2 Å². The number of aliphatic hydroxyl groups excluding tert-OH is 1. The van der Waals surface area contributed by atoms with E-state index in [0.29, 0.717) is 50.6 Å². The normalized spacial score (nSPS) is 18.4. The number of ether oxygens (including phenoxy) is 3. The molecule has 2 aromatic carbocycles. The minimum Gasteiger partial charge on any atom is -1.00 e. The largest absolute Gasteiger partial charge is 1.00 e. The van der Waals surface area contributed by atoms with Crippen molar-refractivity contribution in [3.63, 3.8) is 0 Å². The van der Waals surface area contributed by atoms with Crippen LogP contribution in [0.5, 0.6) is 5.75 Å². The van der Waals surface area contributed by atoms with E-state index in [9.17, 15) is 13.5 Å². The number of unbranched alkanes of at least 4 members (excludes halogenated alkanes) is 2. The molecule has 2 N–H and O–H groups in total. The molecule has 3 rings (SSSR count). The lowest BCUT2D eigenvalue weighted by Crippen LogP contribution is -3.00. The SMILES string of the molecule is CCCCC1(CCCC)NS(=O)(=O)c2ccc(N(C)C)cc2[C@@H](c2ccc(OCCOCCOCC[N+](CC)(CC)CC)cc2)[C@H]1O.[I-]. The van der Waals surface area contributed by atoms with Gasteiger partial charge in [-0.2, -0.15) is 0 Å². The Labute approximate surface area is 308 Å². The molecule has 11 heteroatoms. The maximum Gasteiger partial charge on any atom is 0.241 e. The van der Waals surface area contributed by atoms with Crippen LogP contribution in [0.2, 0.25) is 0 Å². The van der Waals surface area contributed by atoms with Crippen LogP contribution < -0.4 is 38.3 Å². The molecule has 0 aromatic heterocycles. The van der Waals surface area contributed by atoms with E-state index in [2.05, 4.69) is 39.3 Å². The minimum atomic E-state index is -3.88. The maximum atomic E-state index is 13.9. The summed E-state index contributed by atoms with van der Waals surface area (Å²) in [5.74, 6) is 0.150. The number of likely N-dealkylation sites (N-methyl/N-ethyl adjacent to an activating group) is 1. The summed E-state index contributed by atoms with van der Waals surface area (Å²) in [6, 6.07) is 13.1. The highest BCUT2D eigenvalue weighted by Crippen LogP contribution is 2.45. The first kappa shape index (κ1) is 42.7. The lowest BCUT2D eigenvalue weighted by molar-refractivity contribution is -0.923. The fraction of sp³-hybridized carbons (Fsp3) is 0.676. The van der Waals surface area contributed by atoms with Gasteiger partial charge in [-0.1, -0.05) is 51.7 Å². The lowest BCUT2D eigenvalue weighted by Gasteiger charge is -2.40. The Bertz CT molecular complexity index is 1300. The number of anilines is 1. The molecular weight excluding hydrogens is 741 g/mol. The van der Waals surface area contributed by atoms with Gasteiger partial charge in [0.15, 0.2) is 0 Å².